The molecule has 3 aromatic rings. The zero-order valence-electron chi connectivity index (χ0n) is 22.9. The Morgan fingerprint density at radius 2 is 1.82 bits per heavy atom. The summed E-state index contributed by atoms with van der Waals surface area (Å²) in [5.41, 5.74) is 1.24. The normalized spacial score (nSPS) is 20.3. The Kier molecular flexibility index (Phi) is 9.56. The third-order valence-corrected chi connectivity index (χ3v) is 7.85. The predicted molar refractivity (Wildman–Crippen MR) is 154 cm³/mol. The fraction of sp³-hybridized carbons (Fsp3) is 0.300. The van der Waals surface area contributed by atoms with Crippen LogP contribution in [0.1, 0.15) is 36.0 Å². The molecule has 4 rings (SSSR count). The average Bonchev–Trinajstić information content (AvgIpc) is 2.93. The SMILES string of the molecule is C=CCN1C[C@H](C)N([C@H](OP(=O)(O)Oc2ccccc2)c2cccc(C(=O)N(C)c3cccc(F)c3)c2)C[C@H]1C. The highest BCUT2D eigenvalue weighted by atomic mass is 31.2. The number of hydrogen-bond acceptors (Lipinski definition) is 6. The van der Waals surface area contributed by atoms with Crippen molar-refractivity contribution in [3.63, 3.8) is 0 Å². The van der Waals surface area contributed by atoms with E-state index in [1.165, 1.54) is 23.1 Å². The van der Waals surface area contributed by atoms with Crippen LogP contribution in [0.15, 0.2) is 91.5 Å². The molecule has 0 aliphatic carbocycles. The van der Waals surface area contributed by atoms with Crippen LogP contribution < -0.4 is 9.42 Å². The Morgan fingerprint density at radius 3 is 2.52 bits per heavy atom. The number of carbonyl (C=O) groups excluding carboxylic acids is 1. The van der Waals surface area contributed by atoms with Crippen LogP contribution in [0.25, 0.3) is 0 Å². The Hall–Kier alpha value is -3.33. The summed E-state index contributed by atoms with van der Waals surface area (Å²) in [5.74, 6) is -0.615. The smallest absolute Gasteiger partial charge is 0.404 e. The van der Waals surface area contributed by atoms with Gasteiger partial charge >= 0.3 is 7.82 Å². The van der Waals surface area contributed by atoms with E-state index in [0.717, 1.165) is 6.54 Å². The number of para-hydroxylation sites is 1. The van der Waals surface area contributed by atoms with E-state index in [1.807, 2.05) is 17.9 Å². The first-order valence-corrected chi connectivity index (χ1v) is 14.6. The molecule has 0 radical (unpaired) electrons. The third-order valence-electron chi connectivity index (χ3n) is 6.94. The van der Waals surface area contributed by atoms with E-state index < -0.39 is 19.9 Å². The second-order valence-electron chi connectivity index (χ2n) is 9.94. The molecule has 40 heavy (non-hydrogen) atoms. The number of nitrogens with zero attached hydrogens (tertiary/aromatic N) is 3. The van der Waals surface area contributed by atoms with Crippen LogP contribution in [0.3, 0.4) is 0 Å². The Balaban J connectivity index is 1.67. The van der Waals surface area contributed by atoms with Gasteiger partial charge in [-0.1, -0.05) is 42.5 Å². The number of phosphoric acid groups is 1. The molecule has 1 fully saturated rings. The second kappa shape index (κ2) is 12.9. The van der Waals surface area contributed by atoms with Gasteiger partial charge in [-0.3, -0.25) is 24.0 Å². The lowest BCUT2D eigenvalue weighted by Crippen LogP contribution is -2.57. The first-order chi connectivity index (χ1) is 19.1. The van der Waals surface area contributed by atoms with E-state index in [9.17, 15) is 18.6 Å². The Morgan fingerprint density at radius 1 is 1.10 bits per heavy atom. The van der Waals surface area contributed by atoms with Gasteiger partial charge in [0.2, 0.25) is 0 Å². The number of benzene rings is 3. The Bertz CT molecular complexity index is 1370. The molecule has 4 atom stereocenters. The van der Waals surface area contributed by atoms with Crippen LogP contribution >= 0.6 is 7.82 Å². The van der Waals surface area contributed by atoms with E-state index in [4.69, 9.17) is 9.05 Å². The number of hydrogen-bond donors (Lipinski definition) is 1. The van der Waals surface area contributed by atoms with Crippen molar-refractivity contribution in [3.05, 3.63) is 108 Å². The maximum atomic E-state index is 13.8. The van der Waals surface area contributed by atoms with Gasteiger partial charge in [-0.2, -0.15) is 0 Å². The van der Waals surface area contributed by atoms with Crippen molar-refractivity contribution < 1.29 is 27.7 Å². The molecule has 1 aliphatic heterocycles. The highest BCUT2D eigenvalue weighted by Gasteiger charge is 2.39. The Labute approximate surface area is 234 Å². The number of anilines is 1. The van der Waals surface area contributed by atoms with Crippen molar-refractivity contribution in [2.24, 2.45) is 0 Å². The zero-order valence-corrected chi connectivity index (χ0v) is 23.8. The summed E-state index contributed by atoms with van der Waals surface area (Å²) in [6.07, 6.45) is 0.863. The topological polar surface area (TPSA) is 82.5 Å². The molecule has 212 valence electrons. The monoisotopic (exact) mass is 567 g/mol. The molecular formula is C30H35FN3O5P. The minimum absolute atomic E-state index is 0.0628. The van der Waals surface area contributed by atoms with Gasteiger partial charge in [0.15, 0.2) is 0 Å². The molecule has 1 unspecified atom stereocenters. The molecular weight excluding hydrogens is 532 g/mol. The first kappa shape index (κ1) is 29.6. The van der Waals surface area contributed by atoms with Crippen LogP contribution in [0.5, 0.6) is 5.75 Å². The number of amides is 1. The summed E-state index contributed by atoms with van der Waals surface area (Å²) in [6, 6.07) is 20.8. The van der Waals surface area contributed by atoms with Gasteiger partial charge in [0, 0.05) is 50.0 Å². The van der Waals surface area contributed by atoms with Crippen molar-refractivity contribution in [1.29, 1.82) is 0 Å². The van der Waals surface area contributed by atoms with E-state index in [0.29, 0.717) is 29.9 Å². The van der Waals surface area contributed by atoms with Crippen LogP contribution in [0, 0.1) is 5.82 Å². The second-order valence-corrected chi connectivity index (χ2v) is 11.3. The molecule has 0 aromatic heterocycles. The average molecular weight is 568 g/mol. The number of carbonyl (C=O) groups is 1. The molecule has 8 nitrogen and oxygen atoms in total. The zero-order chi connectivity index (χ0) is 28.9. The molecule has 10 heteroatoms. The van der Waals surface area contributed by atoms with E-state index in [2.05, 4.69) is 18.4 Å². The maximum Gasteiger partial charge on any atom is 0.529 e. The number of piperazine rings is 1. The van der Waals surface area contributed by atoms with Gasteiger partial charge < -0.3 is 9.42 Å². The van der Waals surface area contributed by atoms with Gasteiger partial charge in [0.25, 0.3) is 5.91 Å². The number of halogens is 1. The lowest BCUT2D eigenvalue weighted by molar-refractivity contribution is -0.0660. The minimum atomic E-state index is -4.60. The van der Waals surface area contributed by atoms with Gasteiger partial charge in [-0.15, -0.1) is 6.58 Å². The van der Waals surface area contributed by atoms with Gasteiger partial charge in [0.1, 0.15) is 17.8 Å². The van der Waals surface area contributed by atoms with Crippen LogP contribution in [0.2, 0.25) is 0 Å². The van der Waals surface area contributed by atoms with Gasteiger partial charge in [-0.25, -0.2) is 8.96 Å². The first-order valence-electron chi connectivity index (χ1n) is 13.1. The fourth-order valence-electron chi connectivity index (χ4n) is 4.87. The quantitative estimate of drug-likeness (QED) is 0.242. The fourth-order valence-corrected chi connectivity index (χ4v) is 5.79. The number of rotatable bonds is 10. The molecule has 1 N–H and O–H groups in total. The van der Waals surface area contributed by atoms with Crippen molar-refractivity contribution in [3.8, 4) is 5.75 Å². The summed E-state index contributed by atoms with van der Waals surface area (Å²) in [5, 5.41) is 0. The summed E-state index contributed by atoms with van der Waals surface area (Å²) >= 11 is 0. The van der Waals surface area contributed by atoms with Crippen molar-refractivity contribution in [2.45, 2.75) is 32.2 Å². The van der Waals surface area contributed by atoms with Gasteiger partial charge in [-0.05, 0) is 61.9 Å². The summed E-state index contributed by atoms with van der Waals surface area (Å²) < 4.78 is 38.3. The number of phosphoric ester groups is 1. The summed E-state index contributed by atoms with van der Waals surface area (Å²) in [7, 11) is -3.03. The van der Waals surface area contributed by atoms with E-state index >= 15 is 0 Å². The van der Waals surface area contributed by atoms with Crippen molar-refractivity contribution >= 4 is 19.4 Å². The predicted octanol–water partition coefficient (Wildman–Crippen LogP) is 5.88. The largest absolute Gasteiger partial charge is 0.529 e. The van der Waals surface area contributed by atoms with Crippen LogP contribution in [-0.4, -0.2) is 59.4 Å². The van der Waals surface area contributed by atoms with Crippen molar-refractivity contribution in [1.82, 2.24) is 9.80 Å². The van der Waals surface area contributed by atoms with E-state index in [1.54, 1.807) is 67.7 Å². The molecule has 1 aliphatic rings. The lowest BCUT2D eigenvalue weighted by atomic mass is 10.0. The van der Waals surface area contributed by atoms with Crippen LogP contribution in [0.4, 0.5) is 10.1 Å². The molecule has 0 bridgehead atoms. The molecule has 3 aromatic carbocycles. The molecule has 1 heterocycles. The van der Waals surface area contributed by atoms with Crippen molar-refractivity contribution in [2.75, 3.05) is 31.6 Å². The molecule has 1 saturated heterocycles. The van der Waals surface area contributed by atoms with E-state index in [-0.39, 0.29) is 23.7 Å². The standard InChI is InChI=1S/C30H35FN3O5P/c1-5-17-33-20-23(3)34(21-22(33)2)30(39-40(36,37)38-28-15-7-6-8-16-28)25-12-9-11-24(18-25)29(35)32(4)27-14-10-13-26(31)19-27/h5-16,18-19,22-23,30H,1,17,20-21H2,2-4H3,(H,36,37)/t22-,23+,30-/m1/s1. The summed E-state index contributed by atoms with van der Waals surface area (Å²) in [4.78, 5) is 29.8. The molecule has 0 saturated carbocycles. The minimum Gasteiger partial charge on any atom is -0.404 e. The summed E-state index contributed by atoms with van der Waals surface area (Å²) in [6.45, 7) is 9.88. The van der Waals surface area contributed by atoms with Gasteiger partial charge in [0.05, 0.1) is 0 Å². The van der Waals surface area contributed by atoms with Crippen LogP contribution in [-0.2, 0) is 9.09 Å². The highest BCUT2D eigenvalue weighted by Crippen LogP contribution is 2.49. The lowest BCUT2D eigenvalue weighted by Gasteiger charge is -2.46. The maximum absolute atomic E-state index is 13.8. The highest BCUT2D eigenvalue weighted by molar-refractivity contribution is 7.47. The molecule has 0 spiro atoms. The third kappa shape index (κ3) is 7.24. The molecule has 1 amide bonds.